The quantitative estimate of drug-likeness (QED) is 0.0446. The molecule has 0 saturated heterocycles. The minimum atomic E-state index is -3.99. The van der Waals surface area contributed by atoms with Crippen molar-refractivity contribution in [3.8, 4) is 17.2 Å². The SMILES string of the molecule is COc1ccc(CCCc2cccc(OCCNC(=O)CCN(C)C(=O)N[C@H](CCN(CC(C)C)S(=O)(=O)c3ccc([N+](=O)[O-])cc3)Cc3ccccc3)c2)cc1OC. The fourth-order valence-electron chi connectivity index (χ4n) is 6.46. The summed E-state index contributed by atoms with van der Waals surface area (Å²) in [7, 11) is 0.870. The Morgan fingerprint density at radius 1 is 0.831 bits per heavy atom. The molecule has 0 heterocycles. The molecule has 0 unspecified atom stereocenters. The van der Waals surface area contributed by atoms with Gasteiger partial charge in [0.25, 0.3) is 5.69 Å². The standard InChI is InChI=1S/C44H57N5O9S/c1-33(2)32-48(59(54,55)40-20-18-38(19-21-40)49(52)53)27-23-37(29-34-11-7-6-8-12-34)46-44(51)47(3)26-24-43(50)45-25-28-58-39-16-10-15-35(30-39)13-9-14-36-17-22-41(56-4)42(31-36)57-5/h6-8,10-12,15-22,30-31,33,37H,9,13-14,23-29,32H2,1-5H3,(H,45,50)(H,46,51)/t37-/m1/s1. The molecule has 0 saturated carbocycles. The van der Waals surface area contributed by atoms with Gasteiger partial charge in [-0.2, -0.15) is 4.31 Å². The number of non-ortho nitro benzene ring substituents is 1. The first-order valence-corrected chi connectivity index (χ1v) is 21.2. The molecule has 15 heteroatoms. The number of nitrogens with one attached hydrogen (secondary N) is 2. The highest BCUT2D eigenvalue weighted by molar-refractivity contribution is 7.89. The van der Waals surface area contributed by atoms with Gasteiger partial charge in [0, 0.05) is 51.3 Å². The molecule has 59 heavy (non-hydrogen) atoms. The lowest BCUT2D eigenvalue weighted by Crippen LogP contribution is -2.46. The number of rotatable bonds is 24. The third kappa shape index (κ3) is 14.9. The predicted octanol–water partition coefficient (Wildman–Crippen LogP) is 6.66. The number of nitro groups is 1. The first-order chi connectivity index (χ1) is 28.3. The molecular formula is C44H57N5O9S. The number of amides is 3. The lowest BCUT2D eigenvalue weighted by Gasteiger charge is -2.28. The van der Waals surface area contributed by atoms with Gasteiger partial charge in [-0.15, -0.1) is 0 Å². The van der Waals surface area contributed by atoms with Crippen LogP contribution >= 0.6 is 0 Å². The highest BCUT2D eigenvalue weighted by Gasteiger charge is 2.27. The number of aryl methyl sites for hydroxylation is 2. The molecule has 0 aromatic heterocycles. The largest absolute Gasteiger partial charge is 0.493 e. The lowest BCUT2D eigenvalue weighted by atomic mass is 10.0. The van der Waals surface area contributed by atoms with Crippen molar-refractivity contribution in [3.05, 3.63) is 124 Å². The number of hydrogen-bond acceptors (Lipinski definition) is 9. The molecule has 3 amide bonds. The van der Waals surface area contributed by atoms with Gasteiger partial charge in [0.05, 0.1) is 30.6 Å². The summed E-state index contributed by atoms with van der Waals surface area (Å²) < 4.78 is 45.4. The minimum absolute atomic E-state index is 0.00193. The van der Waals surface area contributed by atoms with Crippen LogP contribution in [0.1, 0.15) is 49.8 Å². The zero-order chi connectivity index (χ0) is 42.8. The van der Waals surface area contributed by atoms with Crippen molar-refractivity contribution in [3.63, 3.8) is 0 Å². The van der Waals surface area contributed by atoms with Crippen LogP contribution in [0.2, 0.25) is 0 Å². The van der Waals surface area contributed by atoms with Crippen LogP contribution in [0.15, 0.2) is 102 Å². The number of urea groups is 1. The van der Waals surface area contributed by atoms with Crippen LogP contribution in [-0.2, 0) is 34.1 Å². The van der Waals surface area contributed by atoms with Crippen molar-refractivity contribution in [2.75, 3.05) is 54.1 Å². The summed E-state index contributed by atoms with van der Waals surface area (Å²) in [5.74, 6) is 1.92. The van der Waals surface area contributed by atoms with Crippen molar-refractivity contribution in [1.29, 1.82) is 0 Å². The average molecular weight is 832 g/mol. The van der Waals surface area contributed by atoms with Gasteiger partial charge in [-0.1, -0.05) is 62.4 Å². The summed E-state index contributed by atoms with van der Waals surface area (Å²) in [5.41, 5.74) is 3.09. The third-order valence-corrected chi connectivity index (χ3v) is 11.5. The average Bonchev–Trinajstić information content (AvgIpc) is 3.23. The maximum Gasteiger partial charge on any atom is 0.317 e. The minimum Gasteiger partial charge on any atom is -0.493 e. The Bertz CT molecular complexity index is 2060. The molecule has 0 fully saturated rings. The van der Waals surface area contributed by atoms with Gasteiger partial charge in [0.2, 0.25) is 15.9 Å². The number of nitro benzene ring substituents is 1. The van der Waals surface area contributed by atoms with E-state index in [2.05, 4.69) is 16.7 Å². The summed E-state index contributed by atoms with van der Waals surface area (Å²) in [6, 6.07) is 27.5. The first-order valence-electron chi connectivity index (χ1n) is 19.8. The summed E-state index contributed by atoms with van der Waals surface area (Å²) in [5, 5.41) is 17.0. The zero-order valence-electron chi connectivity index (χ0n) is 34.6. The molecule has 0 aliphatic rings. The van der Waals surface area contributed by atoms with E-state index in [0.29, 0.717) is 30.9 Å². The van der Waals surface area contributed by atoms with E-state index in [1.54, 1.807) is 21.3 Å². The molecule has 0 bridgehead atoms. The lowest BCUT2D eigenvalue weighted by molar-refractivity contribution is -0.384. The van der Waals surface area contributed by atoms with Crippen LogP contribution in [0.5, 0.6) is 17.2 Å². The second kappa shape index (κ2) is 23.1. The van der Waals surface area contributed by atoms with Gasteiger partial charge in [-0.05, 0) is 91.1 Å². The number of methoxy groups -OCH3 is 2. The number of nitrogens with zero attached hydrogens (tertiary/aromatic N) is 3. The van der Waals surface area contributed by atoms with E-state index in [1.165, 1.54) is 39.0 Å². The van der Waals surface area contributed by atoms with Gasteiger partial charge >= 0.3 is 6.03 Å². The topological polar surface area (TPSA) is 170 Å². The number of benzene rings is 4. The van der Waals surface area contributed by atoms with Crippen LogP contribution in [0, 0.1) is 16.0 Å². The molecule has 318 valence electrons. The summed E-state index contributed by atoms with van der Waals surface area (Å²) >= 11 is 0. The molecular weight excluding hydrogens is 775 g/mol. The Hall–Kier alpha value is -5.67. The predicted molar refractivity (Wildman–Crippen MR) is 228 cm³/mol. The molecule has 14 nitrogen and oxygen atoms in total. The monoisotopic (exact) mass is 831 g/mol. The summed E-state index contributed by atoms with van der Waals surface area (Å²) in [6.07, 6.45) is 3.55. The van der Waals surface area contributed by atoms with Crippen LogP contribution in [-0.4, -0.2) is 94.6 Å². The van der Waals surface area contributed by atoms with Gasteiger partial charge in [0.15, 0.2) is 11.5 Å². The van der Waals surface area contributed by atoms with E-state index >= 15 is 0 Å². The Balaban J connectivity index is 1.24. The molecule has 4 aromatic carbocycles. The van der Waals surface area contributed by atoms with Crippen molar-refractivity contribution < 1.29 is 37.1 Å². The molecule has 4 rings (SSSR count). The van der Waals surface area contributed by atoms with Crippen molar-refractivity contribution >= 4 is 27.6 Å². The smallest absolute Gasteiger partial charge is 0.317 e. The fourth-order valence-corrected chi connectivity index (χ4v) is 8.07. The van der Waals surface area contributed by atoms with Crippen molar-refractivity contribution in [2.24, 2.45) is 5.92 Å². The first kappa shape index (κ1) is 46.0. The van der Waals surface area contributed by atoms with Crippen LogP contribution in [0.25, 0.3) is 0 Å². The molecule has 4 aromatic rings. The van der Waals surface area contributed by atoms with E-state index in [4.69, 9.17) is 14.2 Å². The molecule has 2 N–H and O–H groups in total. The molecule has 0 aliphatic heterocycles. The second-order valence-electron chi connectivity index (χ2n) is 14.7. The fraction of sp³-hybridized carbons (Fsp3) is 0.409. The summed E-state index contributed by atoms with van der Waals surface area (Å²) in [4.78, 5) is 38.0. The van der Waals surface area contributed by atoms with Crippen LogP contribution in [0.4, 0.5) is 10.5 Å². The van der Waals surface area contributed by atoms with Crippen LogP contribution in [0.3, 0.4) is 0 Å². The Morgan fingerprint density at radius 2 is 1.51 bits per heavy atom. The maximum atomic E-state index is 13.7. The van der Waals surface area contributed by atoms with E-state index in [1.807, 2.05) is 80.6 Å². The van der Waals surface area contributed by atoms with E-state index in [0.717, 1.165) is 36.1 Å². The van der Waals surface area contributed by atoms with E-state index in [-0.39, 0.29) is 61.1 Å². The number of carbonyl (C=O) groups excluding carboxylic acids is 2. The third-order valence-electron chi connectivity index (χ3n) is 9.62. The van der Waals surface area contributed by atoms with Gasteiger partial charge < -0.3 is 29.7 Å². The molecule has 1 atom stereocenters. The number of carbonyl (C=O) groups is 2. The number of ether oxygens (including phenoxy) is 3. The van der Waals surface area contributed by atoms with E-state index in [9.17, 15) is 28.1 Å². The number of hydrogen-bond donors (Lipinski definition) is 2. The van der Waals surface area contributed by atoms with Gasteiger partial charge in [0.1, 0.15) is 12.4 Å². The van der Waals surface area contributed by atoms with Crippen molar-refractivity contribution in [1.82, 2.24) is 19.8 Å². The van der Waals surface area contributed by atoms with Crippen molar-refractivity contribution in [2.45, 2.75) is 63.3 Å². The second-order valence-corrected chi connectivity index (χ2v) is 16.6. The normalized spacial score (nSPS) is 11.8. The number of sulfonamides is 1. The highest BCUT2D eigenvalue weighted by Crippen LogP contribution is 2.28. The van der Waals surface area contributed by atoms with Crippen LogP contribution < -0.4 is 24.8 Å². The van der Waals surface area contributed by atoms with E-state index < -0.39 is 21.0 Å². The molecule has 0 radical (unpaired) electrons. The molecule has 0 aliphatic carbocycles. The highest BCUT2D eigenvalue weighted by atomic mass is 32.2. The zero-order valence-corrected chi connectivity index (χ0v) is 35.4. The Morgan fingerprint density at radius 3 is 2.17 bits per heavy atom. The Kier molecular flexibility index (Phi) is 18.0. The van der Waals surface area contributed by atoms with Gasteiger partial charge in [-0.25, -0.2) is 13.2 Å². The molecule has 0 spiro atoms. The van der Waals surface area contributed by atoms with Gasteiger partial charge in [-0.3, -0.25) is 14.9 Å². The summed E-state index contributed by atoms with van der Waals surface area (Å²) in [6.45, 7) is 4.89. The maximum absolute atomic E-state index is 13.7. The Labute approximate surface area is 348 Å².